The molecule has 1 heterocycles. The summed E-state index contributed by atoms with van der Waals surface area (Å²) in [4.78, 5) is 2.48. The standard InChI is InChI=1S/C16H25BrN2O/c1-3-16(14-4-6-15(17)7-5-14)18-13(2)12-19-8-10-20-11-9-19/h4-7,13,16,18H,3,8-12H2,1-2H3. The van der Waals surface area contributed by atoms with Crippen molar-refractivity contribution in [1.29, 1.82) is 0 Å². The number of hydrogen-bond acceptors (Lipinski definition) is 3. The molecule has 3 nitrogen and oxygen atoms in total. The molecule has 0 radical (unpaired) electrons. The Morgan fingerprint density at radius 2 is 1.90 bits per heavy atom. The second-order valence-electron chi connectivity index (χ2n) is 5.49. The van der Waals surface area contributed by atoms with E-state index >= 15 is 0 Å². The molecule has 1 aromatic carbocycles. The summed E-state index contributed by atoms with van der Waals surface area (Å²) >= 11 is 3.49. The molecule has 0 amide bonds. The molecule has 0 aromatic heterocycles. The lowest BCUT2D eigenvalue weighted by Crippen LogP contribution is -2.45. The number of halogens is 1. The molecule has 20 heavy (non-hydrogen) atoms. The minimum atomic E-state index is 0.430. The summed E-state index contributed by atoms with van der Waals surface area (Å²) < 4.78 is 6.53. The van der Waals surface area contributed by atoms with E-state index in [9.17, 15) is 0 Å². The maximum Gasteiger partial charge on any atom is 0.0594 e. The molecule has 0 bridgehead atoms. The second kappa shape index (κ2) is 8.13. The number of hydrogen-bond donors (Lipinski definition) is 1. The SMILES string of the molecule is CCC(NC(C)CN1CCOCC1)c1ccc(Br)cc1. The minimum Gasteiger partial charge on any atom is -0.379 e. The van der Waals surface area contributed by atoms with Gasteiger partial charge in [-0.3, -0.25) is 4.90 Å². The maximum absolute atomic E-state index is 5.40. The smallest absolute Gasteiger partial charge is 0.0594 e. The van der Waals surface area contributed by atoms with Gasteiger partial charge in [0.25, 0.3) is 0 Å². The van der Waals surface area contributed by atoms with Crippen LogP contribution < -0.4 is 5.32 Å². The molecule has 1 aliphatic rings. The van der Waals surface area contributed by atoms with Gasteiger partial charge in [0, 0.05) is 36.2 Å². The van der Waals surface area contributed by atoms with E-state index in [1.54, 1.807) is 0 Å². The van der Waals surface area contributed by atoms with E-state index < -0.39 is 0 Å². The Bertz CT molecular complexity index is 390. The first-order chi connectivity index (χ1) is 9.69. The highest BCUT2D eigenvalue weighted by atomic mass is 79.9. The summed E-state index contributed by atoms with van der Waals surface area (Å²) in [5, 5.41) is 3.75. The van der Waals surface area contributed by atoms with E-state index in [1.807, 2.05) is 0 Å². The zero-order chi connectivity index (χ0) is 14.4. The van der Waals surface area contributed by atoms with Crippen molar-refractivity contribution >= 4 is 15.9 Å². The Morgan fingerprint density at radius 3 is 2.50 bits per heavy atom. The summed E-state index contributed by atoms with van der Waals surface area (Å²) in [6, 6.07) is 9.55. The fourth-order valence-electron chi connectivity index (χ4n) is 2.71. The van der Waals surface area contributed by atoms with Crippen molar-refractivity contribution in [3.05, 3.63) is 34.3 Å². The van der Waals surface area contributed by atoms with Crippen LogP contribution in [0.1, 0.15) is 31.9 Å². The van der Waals surface area contributed by atoms with Crippen LogP contribution in [0.4, 0.5) is 0 Å². The van der Waals surface area contributed by atoms with Crippen molar-refractivity contribution < 1.29 is 4.74 Å². The first-order valence-corrected chi connectivity index (χ1v) is 8.30. The van der Waals surface area contributed by atoms with Crippen molar-refractivity contribution in [2.75, 3.05) is 32.8 Å². The fraction of sp³-hybridized carbons (Fsp3) is 0.625. The summed E-state index contributed by atoms with van der Waals surface area (Å²) in [5.74, 6) is 0. The number of nitrogens with zero attached hydrogens (tertiary/aromatic N) is 1. The molecule has 2 unspecified atom stereocenters. The molecular weight excluding hydrogens is 316 g/mol. The number of morpholine rings is 1. The topological polar surface area (TPSA) is 24.5 Å². The van der Waals surface area contributed by atoms with E-state index in [0.29, 0.717) is 12.1 Å². The molecule has 1 aromatic rings. The first kappa shape index (κ1) is 16.0. The summed E-state index contributed by atoms with van der Waals surface area (Å²) in [5.41, 5.74) is 1.37. The normalized spacial score (nSPS) is 19.8. The molecular formula is C16H25BrN2O. The molecule has 1 N–H and O–H groups in total. The van der Waals surface area contributed by atoms with Gasteiger partial charge >= 0.3 is 0 Å². The fourth-order valence-corrected chi connectivity index (χ4v) is 2.98. The van der Waals surface area contributed by atoms with Crippen LogP contribution >= 0.6 is 15.9 Å². The average molecular weight is 341 g/mol. The predicted octanol–water partition coefficient (Wildman–Crippen LogP) is 3.21. The lowest BCUT2D eigenvalue weighted by molar-refractivity contribution is 0.0338. The van der Waals surface area contributed by atoms with Crippen molar-refractivity contribution in [2.24, 2.45) is 0 Å². The Morgan fingerprint density at radius 1 is 1.25 bits per heavy atom. The summed E-state index contributed by atoms with van der Waals surface area (Å²) in [7, 11) is 0. The third-order valence-corrected chi connectivity index (χ3v) is 4.33. The first-order valence-electron chi connectivity index (χ1n) is 7.50. The van der Waals surface area contributed by atoms with Crippen molar-refractivity contribution in [3.8, 4) is 0 Å². The van der Waals surface area contributed by atoms with Gasteiger partial charge in [0.2, 0.25) is 0 Å². The lowest BCUT2D eigenvalue weighted by atomic mass is 10.0. The van der Waals surface area contributed by atoms with E-state index in [4.69, 9.17) is 4.74 Å². The Kier molecular flexibility index (Phi) is 6.49. The van der Waals surface area contributed by atoms with Crippen LogP contribution in [-0.4, -0.2) is 43.8 Å². The van der Waals surface area contributed by atoms with E-state index in [0.717, 1.165) is 43.7 Å². The van der Waals surface area contributed by atoms with Crippen molar-refractivity contribution in [1.82, 2.24) is 10.2 Å². The number of ether oxygens (including phenoxy) is 1. The van der Waals surface area contributed by atoms with Gasteiger partial charge in [0.15, 0.2) is 0 Å². The van der Waals surface area contributed by atoms with Gasteiger partial charge in [0.05, 0.1) is 13.2 Å². The van der Waals surface area contributed by atoms with Gasteiger partial charge in [0.1, 0.15) is 0 Å². The molecule has 2 atom stereocenters. The monoisotopic (exact) mass is 340 g/mol. The van der Waals surface area contributed by atoms with Gasteiger partial charge in [-0.05, 0) is 31.0 Å². The van der Waals surface area contributed by atoms with Crippen LogP contribution in [0.15, 0.2) is 28.7 Å². The molecule has 0 aliphatic carbocycles. The second-order valence-corrected chi connectivity index (χ2v) is 6.41. The van der Waals surface area contributed by atoms with E-state index in [2.05, 4.69) is 64.3 Å². The average Bonchev–Trinajstić information content (AvgIpc) is 2.47. The van der Waals surface area contributed by atoms with Crippen LogP contribution in [0.25, 0.3) is 0 Å². The van der Waals surface area contributed by atoms with Crippen LogP contribution in [0.2, 0.25) is 0 Å². The van der Waals surface area contributed by atoms with Gasteiger partial charge in [-0.1, -0.05) is 35.0 Å². The summed E-state index contributed by atoms with van der Waals surface area (Å²) in [6.07, 6.45) is 1.11. The zero-order valence-electron chi connectivity index (χ0n) is 12.4. The zero-order valence-corrected chi connectivity index (χ0v) is 14.0. The van der Waals surface area contributed by atoms with Gasteiger partial charge < -0.3 is 10.1 Å². The molecule has 1 aliphatic heterocycles. The number of rotatable bonds is 6. The lowest BCUT2D eigenvalue weighted by Gasteiger charge is -2.31. The maximum atomic E-state index is 5.40. The Labute approximate surface area is 130 Å². The number of nitrogens with one attached hydrogen (secondary N) is 1. The Balaban J connectivity index is 1.86. The van der Waals surface area contributed by atoms with Gasteiger partial charge in [-0.25, -0.2) is 0 Å². The predicted molar refractivity (Wildman–Crippen MR) is 87.0 cm³/mol. The molecule has 0 saturated carbocycles. The number of benzene rings is 1. The third kappa shape index (κ3) is 4.85. The van der Waals surface area contributed by atoms with Crippen LogP contribution in [0.3, 0.4) is 0 Å². The molecule has 1 saturated heterocycles. The van der Waals surface area contributed by atoms with Crippen LogP contribution in [0, 0.1) is 0 Å². The van der Waals surface area contributed by atoms with Crippen LogP contribution in [0.5, 0.6) is 0 Å². The molecule has 4 heteroatoms. The highest BCUT2D eigenvalue weighted by Gasteiger charge is 2.17. The summed E-state index contributed by atoms with van der Waals surface area (Å²) in [6.45, 7) is 9.46. The highest BCUT2D eigenvalue weighted by Crippen LogP contribution is 2.20. The molecule has 2 rings (SSSR count). The molecule has 112 valence electrons. The van der Waals surface area contributed by atoms with Gasteiger partial charge in [-0.2, -0.15) is 0 Å². The van der Waals surface area contributed by atoms with Crippen molar-refractivity contribution in [3.63, 3.8) is 0 Å². The van der Waals surface area contributed by atoms with Crippen molar-refractivity contribution in [2.45, 2.75) is 32.4 Å². The third-order valence-electron chi connectivity index (χ3n) is 3.80. The van der Waals surface area contributed by atoms with E-state index in [1.165, 1.54) is 5.56 Å². The highest BCUT2D eigenvalue weighted by molar-refractivity contribution is 9.10. The largest absolute Gasteiger partial charge is 0.379 e. The quantitative estimate of drug-likeness (QED) is 0.860. The van der Waals surface area contributed by atoms with E-state index in [-0.39, 0.29) is 0 Å². The minimum absolute atomic E-state index is 0.430. The molecule has 1 fully saturated rings. The molecule has 0 spiro atoms. The Hall–Kier alpha value is -0.420. The van der Waals surface area contributed by atoms with Gasteiger partial charge in [-0.15, -0.1) is 0 Å². The van der Waals surface area contributed by atoms with Crippen LogP contribution in [-0.2, 0) is 4.74 Å².